The Kier molecular flexibility index (Phi) is 4.68. The van der Waals surface area contributed by atoms with Gasteiger partial charge in [-0.1, -0.05) is 13.8 Å². The van der Waals surface area contributed by atoms with Crippen LogP contribution in [-0.2, 0) is 4.74 Å². The summed E-state index contributed by atoms with van der Waals surface area (Å²) < 4.78 is 6.17. The molecule has 1 aliphatic heterocycles. The van der Waals surface area contributed by atoms with Gasteiger partial charge in [0, 0.05) is 31.2 Å². The average molecular weight is 254 g/mol. The van der Waals surface area contributed by atoms with Gasteiger partial charge in [-0.3, -0.25) is 4.90 Å². The molecule has 0 radical (unpaired) electrons. The van der Waals surface area contributed by atoms with E-state index in [4.69, 9.17) is 4.74 Å². The van der Waals surface area contributed by atoms with Crippen LogP contribution in [0.3, 0.4) is 0 Å². The zero-order valence-electron chi connectivity index (χ0n) is 12.5. The van der Waals surface area contributed by atoms with E-state index < -0.39 is 0 Å². The third kappa shape index (κ3) is 3.46. The van der Waals surface area contributed by atoms with Gasteiger partial charge in [0.15, 0.2) is 0 Å². The smallest absolute Gasteiger partial charge is 0.0810 e. The summed E-state index contributed by atoms with van der Waals surface area (Å²) in [5, 5.41) is 3.67. The number of nitrogens with zero attached hydrogens (tertiary/aromatic N) is 1. The summed E-state index contributed by atoms with van der Waals surface area (Å²) in [6.45, 7) is 12.2. The lowest BCUT2D eigenvalue weighted by molar-refractivity contribution is -0.135. The van der Waals surface area contributed by atoms with E-state index in [2.05, 4.69) is 37.9 Å². The van der Waals surface area contributed by atoms with Crippen molar-refractivity contribution in [2.45, 2.75) is 77.1 Å². The Labute approximate surface area is 112 Å². The molecule has 1 N–H and O–H groups in total. The first-order valence-corrected chi connectivity index (χ1v) is 7.65. The highest BCUT2D eigenvalue weighted by Crippen LogP contribution is 2.35. The van der Waals surface area contributed by atoms with Crippen LogP contribution in [0.2, 0.25) is 0 Å². The van der Waals surface area contributed by atoms with E-state index in [0.29, 0.717) is 18.1 Å². The zero-order valence-corrected chi connectivity index (χ0v) is 12.5. The van der Waals surface area contributed by atoms with Crippen molar-refractivity contribution in [3.8, 4) is 0 Å². The minimum absolute atomic E-state index is 0.164. The van der Waals surface area contributed by atoms with Crippen LogP contribution in [-0.4, -0.2) is 48.3 Å². The molecular weight excluding hydrogens is 224 g/mol. The second-order valence-corrected chi connectivity index (χ2v) is 6.69. The predicted octanol–water partition coefficient (Wildman–Crippen LogP) is 2.41. The van der Waals surface area contributed by atoms with Crippen molar-refractivity contribution >= 4 is 0 Å². The quantitative estimate of drug-likeness (QED) is 0.837. The number of nitrogens with one attached hydrogen (secondary N) is 1. The summed E-state index contributed by atoms with van der Waals surface area (Å²) in [5.41, 5.74) is 0.164. The van der Waals surface area contributed by atoms with E-state index in [1.54, 1.807) is 0 Å². The number of hydrogen-bond acceptors (Lipinski definition) is 3. The first-order valence-electron chi connectivity index (χ1n) is 7.65. The topological polar surface area (TPSA) is 24.5 Å². The lowest BCUT2D eigenvalue weighted by atomic mass is 9.80. The van der Waals surface area contributed by atoms with Crippen molar-refractivity contribution in [1.29, 1.82) is 0 Å². The molecule has 1 heterocycles. The molecular formula is C15H30N2O. The molecule has 1 spiro atoms. The fourth-order valence-corrected chi connectivity index (χ4v) is 3.40. The first kappa shape index (κ1) is 14.3. The fraction of sp³-hybridized carbons (Fsp3) is 1.00. The molecule has 0 amide bonds. The Balaban J connectivity index is 1.87. The molecule has 1 saturated heterocycles. The third-order valence-electron chi connectivity index (χ3n) is 4.47. The van der Waals surface area contributed by atoms with Crippen LogP contribution < -0.4 is 5.32 Å². The monoisotopic (exact) mass is 254 g/mol. The van der Waals surface area contributed by atoms with Crippen LogP contribution in [0.1, 0.15) is 53.4 Å². The SMILES string of the molecule is CC(C)NC1CCC2(CC1)CN(C(C)C)CCO2. The Hall–Kier alpha value is -0.120. The van der Waals surface area contributed by atoms with Crippen molar-refractivity contribution in [3.63, 3.8) is 0 Å². The summed E-state index contributed by atoms with van der Waals surface area (Å²) in [7, 11) is 0. The van der Waals surface area contributed by atoms with Crippen LogP contribution in [0.25, 0.3) is 0 Å². The van der Waals surface area contributed by atoms with E-state index in [9.17, 15) is 0 Å². The molecule has 1 aliphatic carbocycles. The lowest BCUT2D eigenvalue weighted by Gasteiger charge is -2.48. The number of ether oxygens (including phenoxy) is 1. The molecule has 0 aromatic carbocycles. The van der Waals surface area contributed by atoms with Gasteiger partial charge in [-0.2, -0.15) is 0 Å². The van der Waals surface area contributed by atoms with Gasteiger partial charge in [-0.25, -0.2) is 0 Å². The summed E-state index contributed by atoms with van der Waals surface area (Å²) in [4.78, 5) is 2.58. The number of hydrogen-bond donors (Lipinski definition) is 1. The van der Waals surface area contributed by atoms with Crippen LogP contribution >= 0.6 is 0 Å². The molecule has 0 aromatic rings. The standard InChI is InChI=1S/C15H30N2O/c1-12(2)16-14-5-7-15(8-6-14)11-17(13(3)4)9-10-18-15/h12-14,16H,5-11H2,1-4H3. The highest BCUT2D eigenvalue weighted by Gasteiger charge is 2.40. The molecule has 0 atom stereocenters. The van der Waals surface area contributed by atoms with E-state index >= 15 is 0 Å². The number of rotatable bonds is 3. The highest BCUT2D eigenvalue weighted by molar-refractivity contribution is 4.95. The van der Waals surface area contributed by atoms with Gasteiger partial charge >= 0.3 is 0 Å². The Bertz CT molecular complexity index is 257. The largest absolute Gasteiger partial charge is 0.372 e. The van der Waals surface area contributed by atoms with Crippen molar-refractivity contribution in [2.24, 2.45) is 0 Å². The van der Waals surface area contributed by atoms with Crippen molar-refractivity contribution < 1.29 is 4.74 Å². The summed E-state index contributed by atoms with van der Waals surface area (Å²) >= 11 is 0. The number of morpholine rings is 1. The molecule has 2 aliphatic rings. The van der Waals surface area contributed by atoms with Crippen molar-refractivity contribution in [3.05, 3.63) is 0 Å². The van der Waals surface area contributed by atoms with Gasteiger partial charge in [0.05, 0.1) is 12.2 Å². The van der Waals surface area contributed by atoms with Gasteiger partial charge in [0.25, 0.3) is 0 Å². The first-order chi connectivity index (χ1) is 8.51. The summed E-state index contributed by atoms with van der Waals surface area (Å²) in [5.74, 6) is 0. The Morgan fingerprint density at radius 3 is 2.39 bits per heavy atom. The van der Waals surface area contributed by atoms with Crippen LogP contribution in [0.15, 0.2) is 0 Å². The average Bonchev–Trinajstić information content (AvgIpc) is 2.32. The van der Waals surface area contributed by atoms with Gasteiger partial charge in [-0.05, 0) is 39.5 Å². The van der Waals surface area contributed by atoms with E-state index in [1.807, 2.05) is 0 Å². The van der Waals surface area contributed by atoms with Crippen LogP contribution in [0.4, 0.5) is 0 Å². The molecule has 1 saturated carbocycles. The van der Waals surface area contributed by atoms with Crippen LogP contribution in [0, 0.1) is 0 Å². The molecule has 0 aromatic heterocycles. The molecule has 18 heavy (non-hydrogen) atoms. The maximum atomic E-state index is 6.17. The second-order valence-electron chi connectivity index (χ2n) is 6.69. The second kappa shape index (κ2) is 5.89. The van der Waals surface area contributed by atoms with E-state index in [0.717, 1.165) is 19.7 Å². The van der Waals surface area contributed by atoms with Crippen LogP contribution in [0.5, 0.6) is 0 Å². The predicted molar refractivity (Wildman–Crippen MR) is 75.9 cm³/mol. The molecule has 106 valence electrons. The van der Waals surface area contributed by atoms with Gasteiger partial charge < -0.3 is 10.1 Å². The molecule has 3 heteroatoms. The highest BCUT2D eigenvalue weighted by atomic mass is 16.5. The van der Waals surface area contributed by atoms with E-state index in [1.165, 1.54) is 25.7 Å². The van der Waals surface area contributed by atoms with Gasteiger partial charge in [0.2, 0.25) is 0 Å². The third-order valence-corrected chi connectivity index (χ3v) is 4.47. The molecule has 2 fully saturated rings. The summed E-state index contributed by atoms with van der Waals surface area (Å²) in [6.07, 6.45) is 4.98. The Morgan fingerprint density at radius 2 is 1.83 bits per heavy atom. The molecule has 3 nitrogen and oxygen atoms in total. The molecule has 0 bridgehead atoms. The normalized spacial score (nSPS) is 34.7. The fourth-order valence-electron chi connectivity index (χ4n) is 3.40. The minimum Gasteiger partial charge on any atom is -0.372 e. The lowest BCUT2D eigenvalue weighted by Crippen LogP contribution is -2.56. The maximum Gasteiger partial charge on any atom is 0.0810 e. The van der Waals surface area contributed by atoms with Gasteiger partial charge in [-0.15, -0.1) is 0 Å². The Morgan fingerprint density at radius 1 is 1.17 bits per heavy atom. The molecule has 2 rings (SSSR count). The van der Waals surface area contributed by atoms with Crippen molar-refractivity contribution in [1.82, 2.24) is 10.2 Å². The zero-order chi connectivity index (χ0) is 13.2. The maximum absolute atomic E-state index is 6.17. The summed E-state index contributed by atoms with van der Waals surface area (Å²) in [6, 6.07) is 1.95. The minimum atomic E-state index is 0.164. The van der Waals surface area contributed by atoms with Crippen molar-refractivity contribution in [2.75, 3.05) is 19.7 Å². The van der Waals surface area contributed by atoms with E-state index in [-0.39, 0.29) is 5.60 Å². The molecule has 0 unspecified atom stereocenters. The van der Waals surface area contributed by atoms with Gasteiger partial charge in [0.1, 0.15) is 0 Å².